The molecular weight excluding hydrogens is 448 g/mol. The summed E-state index contributed by atoms with van der Waals surface area (Å²) in [5.74, 6) is -0.932. The second-order valence-corrected chi connectivity index (χ2v) is 8.85. The minimum Gasteiger partial charge on any atom is -0.478 e. The van der Waals surface area contributed by atoms with E-state index in [0.29, 0.717) is 12.3 Å². The smallest absolute Gasteiger partial charge is 0.337 e. The van der Waals surface area contributed by atoms with Gasteiger partial charge >= 0.3 is 5.97 Å². The molecule has 6 N–H and O–H groups in total. The molecule has 2 heterocycles. The quantitative estimate of drug-likeness (QED) is 0.473. The second-order valence-electron chi connectivity index (χ2n) is 6.91. The van der Waals surface area contributed by atoms with E-state index in [0.717, 1.165) is 19.2 Å². The van der Waals surface area contributed by atoms with Crippen LogP contribution in [-0.2, 0) is 21.4 Å². The summed E-state index contributed by atoms with van der Waals surface area (Å²) >= 11 is 5.84. The molecule has 1 aliphatic heterocycles. The van der Waals surface area contributed by atoms with Gasteiger partial charge in [-0.15, -0.1) is 0 Å². The average Bonchev–Trinajstić information content (AvgIpc) is 3.19. The molecule has 1 aliphatic rings. The number of primary sulfonamides is 1. The zero-order valence-corrected chi connectivity index (χ0v) is 18.3. The number of carboxylic acids is 1. The fourth-order valence-electron chi connectivity index (χ4n) is 3.03. The van der Waals surface area contributed by atoms with Gasteiger partial charge in [-0.05, 0) is 50.2 Å². The number of piperidine rings is 1. The predicted octanol–water partition coefficient (Wildman–Crippen LogP) is 1.85. The highest BCUT2D eigenvalue weighted by atomic mass is 35.5. The number of carbonyl (C=O) groups excluding carboxylic acids is 1. The van der Waals surface area contributed by atoms with Crippen molar-refractivity contribution < 1.29 is 27.5 Å². The lowest BCUT2D eigenvalue weighted by Crippen LogP contribution is -2.37. The first-order valence-electron chi connectivity index (χ1n) is 9.44. The van der Waals surface area contributed by atoms with Crippen molar-refractivity contribution in [2.24, 2.45) is 10.9 Å². The third-order valence-electron chi connectivity index (χ3n) is 4.47. The molecule has 31 heavy (non-hydrogen) atoms. The first-order valence-corrected chi connectivity index (χ1v) is 11.4. The summed E-state index contributed by atoms with van der Waals surface area (Å²) in [6.07, 6.45) is 5.21. The van der Waals surface area contributed by atoms with Crippen LogP contribution in [0.1, 0.15) is 35.4 Å². The SMILES string of the molecule is NC(=O)CN1CCCCC1.NS(=O)(=O)c1cc(C(=O)O)c(NCc2ccco2)cc1Cl. The number of nitrogens with one attached hydrogen (secondary N) is 1. The number of carbonyl (C=O) groups is 2. The number of sulfonamides is 1. The number of primary amides is 1. The van der Waals surface area contributed by atoms with E-state index >= 15 is 0 Å². The van der Waals surface area contributed by atoms with Crippen LogP contribution in [-0.4, -0.2) is 49.9 Å². The molecule has 10 nitrogen and oxygen atoms in total. The van der Waals surface area contributed by atoms with E-state index in [1.807, 2.05) is 0 Å². The minimum atomic E-state index is -4.11. The van der Waals surface area contributed by atoms with Gasteiger partial charge in [0.15, 0.2) is 0 Å². The first kappa shape index (κ1) is 24.7. The van der Waals surface area contributed by atoms with E-state index in [-0.39, 0.29) is 28.7 Å². The van der Waals surface area contributed by atoms with E-state index in [1.165, 1.54) is 31.6 Å². The summed E-state index contributed by atoms with van der Waals surface area (Å²) in [5, 5.41) is 16.8. The highest BCUT2D eigenvalue weighted by Crippen LogP contribution is 2.28. The summed E-state index contributed by atoms with van der Waals surface area (Å²) in [6, 6.07) is 5.51. The Bertz CT molecular complexity index is 1000. The van der Waals surface area contributed by atoms with Crippen molar-refractivity contribution in [2.75, 3.05) is 25.0 Å². The lowest BCUT2D eigenvalue weighted by atomic mass is 10.1. The molecule has 0 bridgehead atoms. The molecule has 3 rings (SSSR count). The van der Waals surface area contributed by atoms with Crippen LogP contribution in [0, 0.1) is 0 Å². The van der Waals surface area contributed by atoms with Crippen molar-refractivity contribution in [1.29, 1.82) is 0 Å². The van der Waals surface area contributed by atoms with Gasteiger partial charge in [0.1, 0.15) is 10.7 Å². The Kier molecular flexibility index (Phi) is 8.87. The molecule has 170 valence electrons. The van der Waals surface area contributed by atoms with Crippen LogP contribution in [0.4, 0.5) is 5.69 Å². The number of likely N-dealkylation sites (tertiary alicyclic amines) is 1. The number of nitrogens with two attached hydrogens (primary N) is 2. The molecule has 0 saturated carbocycles. The number of halogens is 1. The zero-order valence-electron chi connectivity index (χ0n) is 16.7. The zero-order chi connectivity index (χ0) is 23.0. The number of rotatable bonds is 7. The van der Waals surface area contributed by atoms with Gasteiger partial charge in [-0.25, -0.2) is 18.4 Å². The molecular formula is C19H25ClN4O6S. The van der Waals surface area contributed by atoms with Gasteiger partial charge in [0.05, 0.1) is 35.6 Å². The third kappa shape index (κ3) is 7.87. The third-order valence-corrected chi connectivity index (χ3v) is 5.85. The molecule has 0 atom stereocenters. The Hall–Kier alpha value is -2.60. The van der Waals surface area contributed by atoms with Crippen LogP contribution in [0.5, 0.6) is 0 Å². The Morgan fingerprint density at radius 3 is 2.42 bits per heavy atom. The maximum atomic E-state index is 11.3. The molecule has 0 radical (unpaired) electrons. The van der Waals surface area contributed by atoms with Crippen molar-refractivity contribution >= 4 is 39.2 Å². The molecule has 1 saturated heterocycles. The second kappa shape index (κ2) is 11.1. The van der Waals surface area contributed by atoms with Crippen molar-refractivity contribution in [3.8, 4) is 0 Å². The highest BCUT2D eigenvalue weighted by molar-refractivity contribution is 7.89. The Morgan fingerprint density at radius 2 is 1.90 bits per heavy atom. The summed E-state index contributed by atoms with van der Waals surface area (Å²) in [4.78, 5) is 23.4. The van der Waals surface area contributed by atoms with Gasteiger partial charge in [-0.2, -0.15) is 0 Å². The maximum absolute atomic E-state index is 11.3. The van der Waals surface area contributed by atoms with Gasteiger partial charge in [-0.3, -0.25) is 9.69 Å². The first-order chi connectivity index (χ1) is 14.6. The average molecular weight is 473 g/mol. The molecule has 1 aromatic carbocycles. The van der Waals surface area contributed by atoms with E-state index in [9.17, 15) is 18.0 Å². The summed E-state index contributed by atoms with van der Waals surface area (Å²) in [5.41, 5.74) is 4.95. The lowest BCUT2D eigenvalue weighted by Gasteiger charge is -2.24. The van der Waals surface area contributed by atoms with Crippen LogP contribution in [0.2, 0.25) is 5.02 Å². The number of carboxylic acid groups (broad SMARTS) is 1. The van der Waals surface area contributed by atoms with Crippen LogP contribution >= 0.6 is 11.6 Å². The molecule has 0 spiro atoms. The number of hydrogen-bond donors (Lipinski definition) is 4. The molecule has 12 heteroatoms. The Labute approximate surface area is 185 Å². The molecule has 1 amide bonds. The largest absolute Gasteiger partial charge is 0.478 e. The normalized spacial score (nSPS) is 14.4. The van der Waals surface area contributed by atoms with Gasteiger partial charge in [0.25, 0.3) is 0 Å². The van der Waals surface area contributed by atoms with Gasteiger partial charge in [0, 0.05) is 0 Å². The van der Waals surface area contributed by atoms with Gasteiger partial charge < -0.3 is 20.6 Å². The predicted molar refractivity (Wildman–Crippen MR) is 115 cm³/mol. The van der Waals surface area contributed by atoms with Crippen molar-refractivity contribution in [2.45, 2.75) is 30.7 Å². The van der Waals surface area contributed by atoms with Gasteiger partial charge in [-0.1, -0.05) is 18.0 Å². The van der Waals surface area contributed by atoms with E-state index in [2.05, 4.69) is 10.2 Å². The number of amides is 1. The number of hydrogen-bond acceptors (Lipinski definition) is 7. The minimum absolute atomic E-state index is 0.163. The Morgan fingerprint density at radius 1 is 1.23 bits per heavy atom. The van der Waals surface area contributed by atoms with E-state index < -0.39 is 20.9 Å². The summed E-state index contributed by atoms with van der Waals surface area (Å²) in [7, 11) is -4.11. The summed E-state index contributed by atoms with van der Waals surface area (Å²) < 4.78 is 27.8. The van der Waals surface area contributed by atoms with Crippen LogP contribution in [0.25, 0.3) is 0 Å². The van der Waals surface area contributed by atoms with E-state index in [1.54, 1.807) is 12.1 Å². The molecule has 0 aliphatic carbocycles. The van der Waals surface area contributed by atoms with Crippen molar-refractivity contribution in [3.05, 3.63) is 46.9 Å². The maximum Gasteiger partial charge on any atom is 0.337 e. The number of anilines is 1. The molecule has 1 fully saturated rings. The highest BCUT2D eigenvalue weighted by Gasteiger charge is 2.20. The number of benzene rings is 1. The standard InChI is InChI=1S/C12H11ClN2O5S.C7H14N2O/c13-9-5-10(15-6-7-2-1-3-20-7)8(12(16)17)4-11(9)21(14,18)19;8-7(10)6-9-4-2-1-3-5-9/h1-5,15H,6H2,(H,16,17)(H2,14,18,19);1-6H2,(H2,8,10). The number of nitrogens with zero attached hydrogens (tertiary/aromatic N) is 1. The molecule has 1 aromatic heterocycles. The van der Waals surface area contributed by atoms with Crippen molar-refractivity contribution in [1.82, 2.24) is 4.90 Å². The van der Waals surface area contributed by atoms with Crippen LogP contribution < -0.4 is 16.2 Å². The molecule has 0 unspecified atom stereocenters. The van der Waals surface area contributed by atoms with E-state index in [4.69, 9.17) is 32.0 Å². The fourth-order valence-corrected chi connectivity index (χ4v) is 4.13. The molecule has 2 aromatic rings. The van der Waals surface area contributed by atoms with Crippen molar-refractivity contribution in [3.63, 3.8) is 0 Å². The Balaban J connectivity index is 0.000000285. The summed E-state index contributed by atoms with van der Waals surface area (Å²) in [6.45, 7) is 2.75. The number of furan rings is 1. The van der Waals surface area contributed by atoms with Gasteiger partial charge in [0.2, 0.25) is 15.9 Å². The lowest BCUT2D eigenvalue weighted by molar-refractivity contribution is -0.119. The fraction of sp³-hybridized carbons (Fsp3) is 0.368. The van der Waals surface area contributed by atoms with Crippen LogP contribution in [0.3, 0.4) is 0 Å². The number of aromatic carboxylic acids is 1. The van der Waals surface area contributed by atoms with Crippen LogP contribution in [0.15, 0.2) is 39.8 Å². The topological polar surface area (TPSA) is 169 Å². The monoisotopic (exact) mass is 472 g/mol.